The van der Waals surface area contributed by atoms with Crippen LogP contribution in [0.4, 0.5) is 0 Å². The molecule has 0 aliphatic carbocycles. The number of rotatable bonds is 30. The maximum atomic E-state index is 6.84. The quantitative estimate of drug-likeness (QED) is 0.0436. The van der Waals surface area contributed by atoms with Crippen molar-refractivity contribution in [2.45, 2.75) is 51.5 Å². The van der Waals surface area contributed by atoms with Gasteiger partial charge in [0.15, 0.2) is 0 Å². The molecule has 10 heteroatoms. The van der Waals surface area contributed by atoms with Gasteiger partial charge in [0, 0.05) is 6.61 Å². The summed E-state index contributed by atoms with van der Waals surface area (Å²) in [5, 5.41) is 2.50. The fraction of sp³-hybridized carbons (Fsp3) is 0.667. The van der Waals surface area contributed by atoms with Gasteiger partial charge < -0.3 is 37.6 Å². The molecule has 2 aromatic carbocycles. The molecule has 0 aliphatic rings. The molecule has 0 saturated carbocycles. The van der Waals surface area contributed by atoms with Crippen molar-refractivity contribution in [2.24, 2.45) is 0 Å². The third-order valence-corrected chi connectivity index (χ3v) is 13.2. The summed E-state index contributed by atoms with van der Waals surface area (Å²) in [7, 11) is -2.52. The van der Waals surface area contributed by atoms with E-state index in [2.05, 4.69) is 104 Å². The SMILES string of the molecule is CC(C)(C)[Si](OCCOCCOCCOCCOCCOCCOCCOCCCCCCI)(c1ccccc1)c1ccccc1. The van der Waals surface area contributed by atoms with Gasteiger partial charge in [-0.2, -0.15) is 0 Å². The number of benzene rings is 2. The van der Waals surface area contributed by atoms with Crippen LogP contribution in [0.3, 0.4) is 0 Å². The van der Waals surface area contributed by atoms with E-state index in [1.54, 1.807) is 0 Å². The maximum absolute atomic E-state index is 6.84. The van der Waals surface area contributed by atoms with Gasteiger partial charge in [0.1, 0.15) is 0 Å². The Labute approximate surface area is 293 Å². The molecule has 0 radical (unpaired) electrons. The molecule has 46 heavy (non-hydrogen) atoms. The summed E-state index contributed by atoms with van der Waals surface area (Å²) in [6.07, 6.45) is 4.99. The second-order valence-corrected chi connectivity index (χ2v) is 17.3. The molecule has 0 spiro atoms. The molecule has 262 valence electrons. The predicted molar refractivity (Wildman–Crippen MR) is 197 cm³/mol. The molecule has 8 nitrogen and oxygen atoms in total. The average Bonchev–Trinajstić information content (AvgIpc) is 3.06. The summed E-state index contributed by atoms with van der Waals surface area (Å²) in [4.78, 5) is 0. The second-order valence-electron chi connectivity index (χ2n) is 11.9. The van der Waals surface area contributed by atoms with E-state index in [1.807, 2.05) is 0 Å². The number of halogens is 1. The van der Waals surface area contributed by atoms with Gasteiger partial charge >= 0.3 is 0 Å². The van der Waals surface area contributed by atoms with Crippen molar-refractivity contribution >= 4 is 41.3 Å². The fourth-order valence-electron chi connectivity index (χ4n) is 5.09. The first-order valence-corrected chi connectivity index (χ1v) is 20.3. The molecule has 2 aromatic rings. The highest BCUT2D eigenvalue weighted by Gasteiger charge is 2.49. The average molecular weight is 775 g/mol. The predicted octanol–water partition coefficient (Wildman–Crippen LogP) is 5.67. The lowest BCUT2D eigenvalue weighted by Gasteiger charge is -2.43. The van der Waals surface area contributed by atoms with Crippen LogP contribution in [0.5, 0.6) is 0 Å². The van der Waals surface area contributed by atoms with Crippen LogP contribution in [0.1, 0.15) is 46.5 Å². The van der Waals surface area contributed by atoms with Gasteiger partial charge in [0.2, 0.25) is 0 Å². The van der Waals surface area contributed by atoms with E-state index in [0.29, 0.717) is 92.5 Å². The van der Waals surface area contributed by atoms with Gasteiger partial charge in [-0.15, -0.1) is 0 Å². The lowest BCUT2D eigenvalue weighted by atomic mass is 10.2. The Morgan fingerprint density at radius 1 is 0.435 bits per heavy atom. The molecule has 0 N–H and O–H groups in total. The van der Waals surface area contributed by atoms with E-state index in [9.17, 15) is 0 Å². The monoisotopic (exact) mass is 774 g/mol. The van der Waals surface area contributed by atoms with Gasteiger partial charge in [-0.3, -0.25) is 0 Å². The molecule has 0 atom stereocenters. The Hall–Kier alpha value is -0.933. The van der Waals surface area contributed by atoms with Crippen molar-refractivity contribution in [1.29, 1.82) is 0 Å². The molecule has 0 heterocycles. The van der Waals surface area contributed by atoms with Gasteiger partial charge in [-0.1, -0.05) is 117 Å². The summed E-state index contributed by atoms with van der Waals surface area (Å²) < 4.78 is 47.3. The number of hydrogen-bond donors (Lipinski definition) is 0. The maximum Gasteiger partial charge on any atom is 0.261 e. The summed E-state index contributed by atoms with van der Waals surface area (Å²) >= 11 is 2.42. The minimum atomic E-state index is -2.52. The minimum absolute atomic E-state index is 0.0462. The van der Waals surface area contributed by atoms with E-state index in [1.165, 1.54) is 34.1 Å². The van der Waals surface area contributed by atoms with Crippen LogP contribution in [0.25, 0.3) is 0 Å². The molecule has 0 fully saturated rings. The Kier molecular flexibility index (Phi) is 24.2. The minimum Gasteiger partial charge on any atom is -0.405 e. The summed E-state index contributed by atoms with van der Waals surface area (Å²) in [6.45, 7) is 15.3. The Morgan fingerprint density at radius 3 is 1.11 bits per heavy atom. The molecular weight excluding hydrogens is 715 g/mol. The van der Waals surface area contributed by atoms with E-state index in [-0.39, 0.29) is 5.04 Å². The first-order valence-electron chi connectivity index (χ1n) is 16.9. The molecule has 0 aromatic heterocycles. The van der Waals surface area contributed by atoms with Crippen molar-refractivity contribution in [3.8, 4) is 0 Å². The van der Waals surface area contributed by atoms with Crippen LogP contribution >= 0.6 is 22.6 Å². The standard InChI is InChI=1S/C36H59IO8Si/c1-36(2,3)46(34-14-8-6-9-15-34,35-16-10-7-11-17-35)45-33-32-44-31-30-43-29-28-42-27-26-41-25-24-40-23-22-39-21-20-38-19-13-5-4-12-18-37/h6-11,14-17H,4-5,12-13,18-33H2,1-3H3. The molecule has 0 aliphatic heterocycles. The molecule has 0 saturated heterocycles. The van der Waals surface area contributed by atoms with Crippen LogP contribution in [-0.2, 0) is 37.6 Å². The van der Waals surface area contributed by atoms with Crippen molar-refractivity contribution < 1.29 is 37.6 Å². The van der Waals surface area contributed by atoms with Crippen molar-refractivity contribution in [3.63, 3.8) is 0 Å². The molecule has 2 rings (SSSR count). The lowest BCUT2D eigenvalue weighted by Crippen LogP contribution is -2.66. The highest BCUT2D eigenvalue weighted by atomic mass is 127. The molecule has 0 unspecified atom stereocenters. The summed E-state index contributed by atoms with van der Waals surface area (Å²) in [6, 6.07) is 21.3. The third-order valence-electron chi connectivity index (χ3n) is 7.37. The molecule has 0 bridgehead atoms. The van der Waals surface area contributed by atoms with E-state index in [0.717, 1.165) is 13.0 Å². The third kappa shape index (κ3) is 17.5. The van der Waals surface area contributed by atoms with Crippen LogP contribution < -0.4 is 10.4 Å². The van der Waals surface area contributed by atoms with Crippen molar-refractivity contribution in [1.82, 2.24) is 0 Å². The largest absolute Gasteiger partial charge is 0.405 e. The fourth-order valence-corrected chi connectivity index (χ4v) is 10.2. The van der Waals surface area contributed by atoms with Crippen LogP contribution in [-0.4, -0.2) is 112 Å². The summed E-state index contributed by atoms with van der Waals surface area (Å²) in [5.74, 6) is 0. The number of hydrogen-bond acceptors (Lipinski definition) is 8. The van der Waals surface area contributed by atoms with Gasteiger partial charge in [0.05, 0.1) is 92.5 Å². The van der Waals surface area contributed by atoms with Crippen molar-refractivity contribution in [2.75, 3.05) is 104 Å². The second kappa shape index (κ2) is 27.0. The number of ether oxygens (including phenoxy) is 7. The smallest absolute Gasteiger partial charge is 0.261 e. The Balaban J connectivity index is 1.40. The highest BCUT2D eigenvalue weighted by molar-refractivity contribution is 14.1. The normalized spacial score (nSPS) is 12.2. The molecule has 0 amide bonds. The Bertz CT molecular complexity index is 909. The van der Waals surface area contributed by atoms with E-state index >= 15 is 0 Å². The van der Waals surface area contributed by atoms with Crippen molar-refractivity contribution in [3.05, 3.63) is 60.7 Å². The van der Waals surface area contributed by atoms with E-state index < -0.39 is 8.32 Å². The highest BCUT2D eigenvalue weighted by Crippen LogP contribution is 2.36. The molecular formula is C36H59IO8Si. The number of unbranched alkanes of at least 4 members (excludes halogenated alkanes) is 3. The van der Waals surface area contributed by atoms with Crippen LogP contribution in [0.15, 0.2) is 60.7 Å². The first kappa shape index (κ1) is 41.2. The topological polar surface area (TPSA) is 73.8 Å². The van der Waals surface area contributed by atoms with Gasteiger partial charge in [0.25, 0.3) is 8.32 Å². The zero-order valence-electron chi connectivity index (χ0n) is 28.6. The van der Waals surface area contributed by atoms with Gasteiger partial charge in [-0.05, 0) is 32.7 Å². The zero-order valence-corrected chi connectivity index (χ0v) is 31.7. The zero-order chi connectivity index (χ0) is 33.0. The van der Waals surface area contributed by atoms with Crippen LogP contribution in [0.2, 0.25) is 5.04 Å². The Morgan fingerprint density at radius 2 is 0.761 bits per heavy atom. The lowest BCUT2D eigenvalue weighted by molar-refractivity contribution is -0.0213. The van der Waals surface area contributed by atoms with Gasteiger partial charge in [-0.25, -0.2) is 0 Å². The van der Waals surface area contributed by atoms with Crippen LogP contribution in [0, 0.1) is 0 Å². The number of alkyl halides is 1. The first-order chi connectivity index (χ1) is 22.5. The van der Waals surface area contributed by atoms with E-state index in [4.69, 9.17) is 37.6 Å². The summed E-state index contributed by atoms with van der Waals surface area (Å²) in [5.41, 5.74) is 0.